The van der Waals surface area contributed by atoms with Crippen LogP contribution in [0.2, 0.25) is 0 Å². The van der Waals surface area contributed by atoms with Crippen molar-refractivity contribution < 1.29 is 32.8 Å². The molecule has 0 aliphatic rings. The van der Waals surface area contributed by atoms with E-state index in [1.54, 1.807) is 13.8 Å². The first-order valence-corrected chi connectivity index (χ1v) is 8.90. The molecule has 7 nitrogen and oxygen atoms in total. The van der Waals surface area contributed by atoms with Gasteiger partial charge in [-0.3, -0.25) is 14.1 Å². The maximum Gasteiger partial charge on any atom is 0.325 e. The Morgan fingerprint density at radius 3 is 1.55 bits per heavy atom. The molecule has 0 saturated carbocycles. The van der Waals surface area contributed by atoms with Crippen LogP contribution in [-0.2, 0) is 19.7 Å². The highest BCUT2D eigenvalue weighted by molar-refractivity contribution is 7.87. The zero-order valence-electron chi connectivity index (χ0n) is 13.4. The summed E-state index contributed by atoms with van der Waals surface area (Å²) >= 11 is 0. The van der Waals surface area contributed by atoms with Gasteiger partial charge in [0.25, 0.3) is 10.1 Å². The molecule has 3 unspecified atom stereocenters. The first kappa shape index (κ1) is 20.9. The maximum absolute atomic E-state index is 12.0. The van der Waals surface area contributed by atoms with Crippen molar-refractivity contribution in [2.75, 3.05) is 0 Å². The van der Waals surface area contributed by atoms with Gasteiger partial charge in [0.2, 0.25) is 0 Å². The van der Waals surface area contributed by atoms with E-state index in [1.807, 2.05) is 0 Å². The average molecular weight is 338 g/mol. The molecule has 0 saturated heterocycles. The van der Waals surface area contributed by atoms with Crippen LogP contribution in [0, 0.1) is 17.3 Å². The molecule has 0 heterocycles. The van der Waals surface area contributed by atoms with E-state index < -0.39 is 44.6 Å². The summed E-state index contributed by atoms with van der Waals surface area (Å²) in [6, 6.07) is 0. The van der Waals surface area contributed by atoms with Crippen LogP contribution in [0.15, 0.2) is 0 Å². The number of hydrogen-bond donors (Lipinski definition) is 3. The lowest BCUT2D eigenvalue weighted by atomic mass is 9.62. The Balaban J connectivity index is 6.48. The van der Waals surface area contributed by atoms with E-state index in [2.05, 4.69) is 0 Å². The van der Waals surface area contributed by atoms with E-state index in [0.717, 1.165) is 0 Å². The van der Waals surface area contributed by atoms with Crippen LogP contribution in [-0.4, -0.2) is 40.4 Å². The molecule has 0 aromatic carbocycles. The molecule has 8 heteroatoms. The van der Waals surface area contributed by atoms with Gasteiger partial charge in [-0.25, -0.2) is 0 Å². The van der Waals surface area contributed by atoms with Gasteiger partial charge in [-0.05, 0) is 24.7 Å². The standard InChI is InChI=1S/C14H26O7S/c1-5-7-9(3)14(13(17)18,10(4)8-6-2)11(12(15)16)22(19,20)21/h9-11H,5-8H2,1-4H3,(H,15,16)(H,17,18)(H,19,20,21). The molecular weight excluding hydrogens is 312 g/mol. The van der Waals surface area contributed by atoms with Crippen molar-refractivity contribution in [2.45, 2.75) is 58.6 Å². The van der Waals surface area contributed by atoms with Gasteiger partial charge >= 0.3 is 11.9 Å². The molecule has 3 N–H and O–H groups in total. The number of aliphatic carboxylic acids is 2. The molecule has 22 heavy (non-hydrogen) atoms. The van der Waals surface area contributed by atoms with Crippen molar-refractivity contribution in [1.29, 1.82) is 0 Å². The van der Waals surface area contributed by atoms with E-state index in [0.29, 0.717) is 25.7 Å². The van der Waals surface area contributed by atoms with E-state index >= 15 is 0 Å². The zero-order chi connectivity index (χ0) is 17.7. The second-order valence-electron chi connectivity index (χ2n) is 5.85. The highest BCUT2D eigenvalue weighted by atomic mass is 32.2. The Bertz CT molecular complexity index is 485. The lowest BCUT2D eigenvalue weighted by Gasteiger charge is -2.42. The number of rotatable bonds is 10. The van der Waals surface area contributed by atoms with Gasteiger partial charge in [-0.2, -0.15) is 8.42 Å². The van der Waals surface area contributed by atoms with Crippen molar-refractivity contribution in [1.82, 2.24) is 0 Å². The monoisotopic (exact) mass is 338 g/mol. The van der Waals surface area contributed by atoms with Crippen LogP contribution in [0.25, 0.3) is 0 Å². The normalized spacial score (nSPS) is 19.0. The third kappa shape index (κ3) is 3.98. The molecule has 0 fully saturated rings. The topological polar surface area (TPSA) is 129 Å². The summed E-state index contributed by atoms with van der Waals surface area (Å²) in [7, 11) is -5.07. The molecule has 0 spiro atoms. The minimum Gasteiger partial charge on any atom is -0.481 e. The fourth-order valence-corrected chi connectivity index (χ4v) is 4.77. The molecule has 0 aromatic rings. The van der Waals surface area contributed by atoms with E-state index in [4.69, 9.17) is 0 Å². The summed E-state index contributed by atoms with van der Waals surface area (Å²) in [5, 5.41) is 16.7. The van der Waals surface area contributed by atoms with E-state index in [1.165, 1.54) is 13.8 Å². The highest BCUT2D eigenvalue weighted by Crippen LogP contribution is 2.46. The van der Waals surface area contributed by atoms with Gasteiger partial charge < -0.3 is 10.2 Å². The van der Waals surface area contributed by atoms with Gasteiger partial charge in [-0.15, -0.1) is 0 Å². The average Bonchev–Trinajstić information content (AvgIpc) is 2.33. The molecule has 130 valence electrons. The fraction of sp³-hybridized carbons (Fsp3) is 0.857. The number of carbonyl (C=O) groups is 2. The van der Waals surface area contributed by atoms with Crippen molar-refractivity contribution in [3.05, 3.63) is 0 Å². The van der Waals surface area contributed by atoms with Crippen LogP contribution in [0.1, 0.15) is 53.4 Å². The number of hydrogen-bond acceptors (Lipinski definition) is 4. The van der Waals surface area contributed by atoms with Gasteiger partial charge in [0.15, 0.2) is 5.25 Å². The molecule has 0 bridgehead atoms. The second kappa shape index (κ2) is 7.92. The molecule has 0 aliphatic heterocycles. The number of carboxylic acid groups (broad SMARTS) is 2. The first-order chi connectivity index (χ1) is 9.97. The predicted octanol–water partition coefficient (Wildman–Crippen LogP) is 2.27. The Hall–Kier alpha value is -1.15. The first-order valence-electron chi connectivity index (χ1n) is 7.40. The molecule has 0 aliphatic carbocycles. The van der Waals surface area contributed by atoms with Gasteiger partial charge in [-0.1, -0.05) is 40.5 Å². The summed E-state index contributed by atoms with van der Waals surface area (Å²) < 4.78 is 32.7. The lowest BCUT2D eigenvalue weighted by Crippen LogP contribution is -2.58. The van der Waals surface area contributed by atoms with E-state index in [9.17, 15) is 32.8 Å². The summed E-state index contributed by atoms with van der Waals surface area (Å²) in [6.07, 6.45) is 1.85. The Labute approximate surface area is 131 Å². The summed E-state index contributed by atoms with van der Waals surface area (Å²) in [5.41, 5.74) is -2.08. The van der Waals surface area contributed by atoms with Gasteiger partial charge in [0.1, 0.15) is 5.41 Å². The van der Waals surface area contributed by atoms with Crippen molar-refractivity contribution >= 4 is 22.1 Å². The third-order valence-corrected chi connectivity index (χ3v) is 5.59. The SMILES string of the molecule is CCCC(C)C(C(=O)O)(C(C)CCC)C(C(=O)O)S(=O)(=O)O. The minimum absolute atomic E-state index is 0.347. The van der Waals surface area contributed by atoms with Crippen molar-refractivity contribution in [3.63, 3.8) is 0 Å². The quantitative estimate of drug-likeness (QED) is 0.521. The molecular formula is C14H26O7S. The smallest absolute Gasteiger partial charge is 0.325 e. The maximum atomic E-state index is 12.0. The van der Waals surface area contributed by atoms with Crippen LogP contribution >= 0.6 is 0 Å². The molecule has 0 amide bonds. The summed E-state index contributed by atoms with van der Waals surface area (Å²) in [5.74, 6) is -4.78. The summed E-state index contributed by atoms with van der Waals surface area (Å²) in [6.45, 7) is 6.67. The van der Waals surface area contributed by atoms with Crippen molar-refractivity contribution in [3.8, 4) is 0 Å². The van der Waals surface area contributed by atoms with Gasteiger partial charge in [0, 0.05) is 0 Å². The largest absolute Gasteiger partial charge is 0.481 e. The number of carboxylic acids is 2. The van der Waals surface area contributed by atoms with Crippen LogP contribution in [0.4, 0.5) is 0 Å². The van der Waals surface area contributed by atoms with Crippen LogP contribution < -0.4 is 0 Å². The Morgan fingerprint density at radius 2 is 1.36 bits per heavy atom. The predicted molar refractivity (Wildman–Crippen MR) is 81.2 cm³/mol. The summed E-state index contributed by atoms with van der Waals surface area (Å²) in [4.78, 5) is 23.5. The zero-order valence-corrected chi connectivity index (χ0v) is 14.3. The lowest BCUT2D eigenvalue weighted by molar-refractivity contribution is -0.163. The molecule has 0 aromatic heterocycles. The van der Waals surface area contributed by atoms with Crippen LogP contribution in [0.3, 0.4) is 0 Å². The third-order valence-electron chi connectivity index (χ3n) is 4.40. The van der Waals surface area contributed by atoms with Crippen molar-refractivity contribution in [2.24, 2.45) is 17.3 Å². The Kier molecular flexibility index (Phi) is 7.50. The molecule has 0 radical (unpaired) electrons. The minimum atomic E-state index is -5.07. The van der Waals surface area contributed by atoms with Crippen LogP contribution in [0.5, 0.6) is 0 Å². The van der Waals surface area contributed by atoms with E-state index in [-0.39, 0.29) is 0 Å². The Morgan fingerprint density at radius 1 is 1.00 bits per heavy atom. The molecule has 3 atom stereocenters. The highest BCUT2D eigenvalue weighted by Gasteiger charge is 2.61. The fourth-order valence-electron chi connectivity index (χ4n) is 3.46. The second-order valence-corrected chi connectivity index (χ2v) is 7.35. The van der Waals surface area contributed by atoms with Gasteiger partial charge in [0.05, 0.1) is 0 Å². The molecule has 0 rings (SSSR count).